The summed E-state index contributed by atoms with van der Waals surface area (Å²) in [5.74, 6) is 0.139. The molecule has 0 spiro atoms. The Balaban J connectivity index is 1.82. The van der Waals surface area contributed by atoms with Gasteiger partial charge in [-0.1, -0.05) is 13.0 Å². The second kappa shape index (κ2) is 5.21. The summed E-state index contributed by atoms with van der Waals surface area (Å²) < 4.78 is 0. The molecule has 0 radical (unpaired) electrons. The summed E-state index contributed by atoms with van der Waals surface area (Å²) in [4.78, 5) is 16.4. The number of hydrogen-bond donors (Lipinski definition) is 1. The topological polar surface area (TPSA) is 35.6 Å². The predicted octanol–water partition coefficient (Wildman–Crippen LogP) is 1.71. The van der Waals surface area contributed by atoms with Crippen molar-refractivity contribution < 1.29 is 4.79 Å². The molecule has 102 valence electrons. The molecule has 1 fully saturated rings. The molecule has 1 N–H and O–H groups in total. The van der Waals surface area contributed by atoms with Crippen molar-refractivity contribution in [1.82, 2.24) is 4.90 Å². The Morgan fingerprint density at radius 1 is 1.16 bits per heavy atom. The van der Waals surface area contributed by atoms with Crippen LogP contribution < -0.4 is 10.2 Å². The van der Waals surface area contributed by atoms with Gasteiger partial charge in [-0.3, -0.25) is 4.79 Å². The number of nitrogens with one attached hydrogen (secondary N) is 1. The number of likely N-dealkylation sites (N-methyl/N-ethyl adjacent to an activating group) is 1. The van der Waals surface area contributed by atoms with E-state index in [1.807, 2.05) is 12.1 Å². The van der Waals surface area contributed by atoms with E-state index in [0.717, 1.165) is 44.8 Å². The lowest BCUT2D eigenvalue weighted by Gasteiger charge is -2.37. The number of amides is 1. The number of carbonyl (C=O) groups is 1. The van der Waals surface area contributed by atoms with Crippen LogP contribution in [0.2, 0.25) is 0 Å². The van der Waals surface area contributed by atoms with Crippen LogP contribution in [0.25, 0.3) is 0 Å². The van der Waals surface area contributed by atoms with Crippen molar-refractivity contribution in [2.24, 2.45) is 0 Å². The monoisotopic (exact) mass is 259 g/mol. The minimum Gasteiger partial charge on any atom is -0.369 e. The molecule has 1 amide bonds. The quantitative estimate of drug-likeness (QED) is 0.878. The van der Waals surface area contributed by atoms with Crippen LogP contribution in [-0.4, -0.2) is 43.5 Å². The van der Waals surface area contributed by atoms with Crippen LogP contribution in [0.4, 0.5) is 11.4 Å². The summed E-state index contributed by atoms with van der Waals surface area (Å²) in [5.41, 5.74) is 3.63. The fourth-order valence-corrected chi connectivity index (χ4v) is 3.01. The van der Waals surface area contributed by atoms with Gasteiger partial charge in [-0.2, -0.15) is 0 Å². The van der Waals surface area contributed by atoms with Gasteiger partial charge in [0.2, 0.25) is 5.91 Å². The molecule has 0 saturated carbocycles. The molecule has 19 heavy (non-hydrogen) atoms. The van der Waals surface area contributed by atoms with E-state index in [1.54, 1.807) is 0 Å². The van der Waals surface area contributed by atoms with Crippen LogP contribution in [0, 0.1) is 0 Å². The van der Waals surface area contributed by atoms with E-state index in [-0.39, 0.29) is 5.91 Å². The maximum atomic E-state index is 11.5. The fraction of sp³-hybridized carbons (Fsp3) is 0.533. The minimum absolute atomic E-state index is 0.139. The number of hydrogen-bond acceptors (Lipinski definition) is 3. The standard InChI is InChI=1S/C15H21N3O/c1-2-17-8-10-18(11-9-17)14-5-3-4-13-12(14)6-7-15(19)16-13/h3-5H,2,6-11H2,1H3,(H,16,19). The van der Waals surface area contributed by atoms with E-state index in [4.69, 9.17) is 0 Å². The Bertz CT molecular complexity index is 478. The van der Waals surface area contributed by atoms with Gasteiger partial charge in [-0.25, -0.2) is 0 Å². The van der Waals surface area contributed by atoms with E-state index >= 15 is 0 Å². The lowest BCUT2D eigenvalue weighted by molar-refractivity contribution is -0.116. The predicted molar refractivity (Wildman–Crippen MR) is 77.7 cm³/mol. The first-order chi connectivity index (χ1) is 9.28. The summed E-state index contributed by atoms with van der Waals surface area (Å²) in [6.45, 7) is 7.78. The molecule has 3 rings (SSSR count). The molecule has 0 atom stereocenters. The SMILES string of the molecule is CCN1CCN(c2cccc3c2CCC(=O)N3)CC1. The number of fused-ring (bicyclic) bond motifs is 1. The number of carbonyl (C=O) groups excluding carboxylic acids is 1. The van der Waals surface area contributed by atoms with E-state index in [9.17, 15) is 4.79 Å². The van der Waals surface area contributed by atoms with Gasteiger partial charge in [-0.15, -0.1) is 0 Å². The summed E-state index contributed by atoms with van der Waals surface area (Å²) in [6, 6.07) is 6.25. The molecule has 0 aromatic heterocycles. The first kappa shape index (κ1) is 12.5. The largest absolute Gasteiger partial charge is 0.369 e. The highest BCUT2D eigenvalue weighted by molar-refractivity contribution is 5.95. The Labute approximate surface area is 114 Å². The first-order valence-electron chi connectivity index (χ1n) is 7.17. The minimum atomic E-state index is 0.139. The second-order valence-electron chi connectivity index (χ2n) is 5.27. The van der Waals surface area contributed by atoms with Crippen molar-refractivity contribution in [2.45, 2.75) is 19.8 Å². The Hall–Kier alpha value is -1.55. The second-order valence-corrected chi connectivity index (χ2v) is 5.27. The van der Waals surface area contributed by atoms with E-state index in [0.29, 0.717) is 6.42 Å². The van der Waals surface area contributed by atoms with Gasteiger partial charge in [0.05, 0.1) is 0 Å². The molecule has 0 unspecified atom stereocenters. The van der Waals surface area contributed by atoms with Crippen molar-refractivity contribution in [3.63, 3.8) is 0 Å². The molecule has 0 bridgehead atoms. The van der Waals surface area contributed by atoms with Crippen LogP contribution >= 0.6 is 0 Å². The molecular formula is C15H21N3O. The van der Waals surface area contributed by atoms with Gasteiger partial charge in [0.25, 0.3) is 0 Å². The van der Waals surface area contributed by atoms with Crippen LogP contribution in [0.15, 0.2) is 18.2 Å². The van der Waals surface area contributed by atoms with E-state index in [1.165, 1.54) is 11.3 Å². The maximum Gasteiger partial charge on any atom is 0.224 e. The van der Waals surface area contributed by atoms with Gasteiger partial charge in [-0.05, 0) is 30.7 Å². The number of benzene rings is 1. The average Bonchev–Trinajstić information content (AvgIpc) is 2.46. The summed E-state index contributed by atoms with van der Waals surface area (Å²) in [5, 5.41) is 2.98. The molecule has 1 aromatic carbocycles. The molecule has 4 heteroatoms. The van der Waals surface area contributed by atoms with E-state index in [2.05, 4.69) is 28.1 Å². The number of rotatable bonds is 2. The Morgan fingerprint density at radius 3 is 2.68 bits per heavy atom. The zero-order valence-corrected chi connectivity index (χ0v) is 11.5. The van der Waals surface area contributed by atoms with Gasteiger partial charge in [0, 0.05) is 44.0 Å². The lowest BCUT2D eigenvalue weighted by atomic mass is 10.00. The zero-order valence-electron chi connectivity index (χ0n) is 11.5. The van der Waals surface area contributed by atoms with Crippen LogP contribution in [0.5, 0.6) is 0 Å². The van der Waals surface area contributed by atoms with Crippen LogP contribution in [-0.2, 0) is 11.2 Å². The molecular weight excluding hydrogens is 238 g/mol. The highest BCUT2D eigenvalue weighted by atomic mass is 16.1. The molecule has 2 aliphatic heterocycles. The van der Waals surface area contributed by atoms with Crippen molar-refractivity contribution in [2.75, 3.05) is 42.9 Å². The highest BCUT2D eigenvalue weighted by Gasteiger charge is 2.22. The van der Waals surface area contributed by atoms with Crippen LogP contribution in [0.1, 0.15) is 18.9 Å². The van der Waals surface area contributed by atoms with Gasteiger partial charge in [0.1, 0.15) is 0 Å². The van der Waals surface area contributed by atoms with Crippen molar-refractivity contribution in [1.29, 1.82) is 0 Å². The van der Waals surface area contributed by atoms with Crippen LogP contribution in [0.3, 0.4) is 0 Å². The number of anilines is 2. The number of piperazine rings is 1. The third kappa shape index (κ3) is 2.45. The summed E-state index contributed by atoms with van der Waals surface area (Å²) >= 11 is 0. The Morgan fingerprint density at radius 2 is 1.95 bits per heavy atom. The third-order valence-electron chi connectivity index (χ3n) is 4.19. The molecule has 1 aromatic rings. The van der Waals surface area contributed by atoms with Crippen molar-refractivity contribution in [3.05, 3.63) is 23.8 Å². The van der Waals surface area contributed by atoms with Gasteiger partial charge >= 0.3 is 0 Å². The summed E-state index contributed by atoms with van der Waals surface area (Å²) in [6.07, 6.45) is 1.48. The smallest absolute Gasteiger partial charge is 0.224 e. The molecule has 4 nitrogen and oxygen atoms in total. The molecule has 0 aliphatic carbocycles. The average molecular weight is 259 g/mol. The lowest BCUT2D eigenvalue weighted by Crippen LogP contribution is -2.46. The fourth-order valence-electron chi connectivity index (χ4n) is 3.01. The Kier molecular flexibility index (Phi) is 3.42. The maximum absolute atomic E-state index is 11.5. The highest BCUT2D eigenvalue weighted by Crippen LogP contribution is 2.32. The molecule has 2 aliphatic rings. The zero-order chi connectivity index (χ0) is 13.2. The molecule has 1 saturated heterocycles. The third-order valence-corrected chi connectivity index (χ3v) is 4.19. The van der Waals surface area contributed by atoms with Crippen molar-refractivity contribution in [3.8, 4) is 0 Å². The van der Waals surface area contributed by atoms with Gasteiger partial charge < -0.3 is 15.1 Å². The van der Waals surface area contributed by atoms with E-state index < -0.39 is 0 Å². The summed E-state index contributed by atoms with van der Waals surface area (Å²) in [7, 11) is 0. The first-order valence-corrected chi connectivity index (χ1v) is 7.17. The normalized spacial score (nSPS) is 20.1. The van der Waals surface area contributed by atoms with Gasteiger partial charge in [0.15, 0.2) is 0 Å². The number of nitrogens with zero attached hydrogens (tertiary/aromatic N) is 2. The van der Waals surface area contributed by atoms with Crippen molar-refractivity contribution >= 4 is 17.3 Å². The molecule has 2 heterocycles.